The third-order valence-electron chi connectivity index (χ3n) is 3.79. The fourth-order valence-corrected chi connectivity index (χ4v) is 2.48. The Morgan fingerprint density at radius 1 is 0.765 bits per heavy atom. The molecule has 0 rings (SSSR count). The van der Waals surface area contributed by atoms with Crippen LogP contribution < -0.4 is 0 Å². The summed E-state index contributed by atoms with van der Waals surface area (Å²) in [4.78, 5) is 0. The number of hydrogen-bond donors (Lipinski definition) is 1. The first kappa shape index (κ1) is 17.0. The topological polar surface area (TPSA) is 20.2 Å². The molecular weight excluding hydrogens is 208 g/mol. The summed E-state index contributed by atoms with van der Waals surface area (Å²) in [6.45, 7) is 6.74. The second kappa shape index (κ2) is 12.4. The van der Waals surface area contributed by atoms with Gasteiger partial charge in [-0.15, -0.1) is 0 Å². The highest BCUT2D eigenvalue weighted by atomic mass is 16.3. The van der Waals surface area contributed by atoms with Crippen LogP contribution in [-0.4, -0.2) is 11.2 Å². The standard InChI is InChI=1S/C16H34O/c1-4-7-9-11-12-15(6-3)14-16(17)13-10-8-5-2/h15-17H,4-14H2,1-3H3. The van der Waals surface area contributed by atoms with E-state index in [0.29, 0.717) is 0 Å². The first-order chi connectivity index (χ1) is 8.24. The van der Waals surface area contributed by atoms with Crippen molar-refractivity contribution in [1.82, 2.24) is 0 Å². The smallest absolute Gasteiger partial charge is 0.0542 e. The maximum absolute atomic E-state index is 9.98. The molecule has 0 aliphatic rings. The zero-order valence-electron chi connectivity index (χ0n) is 12.4. The molecule has 1 heteroatoms. The molecule has 2 unspecified atom stereocenters. The van der Waals surface area contributed by atoms with Gasteiger partial charge in [0.25, 0.3) is 0 Å². The van der Waals surface area contributed by atoms with E-state index in [2.05, 4.69) is 20.8 Å². The molecule has 0 aromatic rings. The summed E-state index contributed by atoms with van der Waals surface area (Å²) in [5, 5.41) is 9.98. The molecule has 0 spiro atoms. The van der Waals surface area contributed by atoms with Crippen molar-refractivity contribution in [3.63, 3.8) is 0 Å². The second-order valence-electron chi connectivity index (χ2n) is 5.51. The van der Waals surface area contributed by atoms with E-state index in [1.165, 1.54) is 57.8 Å². The van der Waals surface area contributed by atoms with Gasteiger partial charge < -0.3 is 5.11 Å². The lowest BCUT2D eigenvalue weighted by molar-refractivity contribution is 0.125. The van der Waals surface area contributed by atoms with Crippen LogP contribution in [0.15, 0.2) is 0 Å². The van der Waals surface area contributed by atoms with Crippen molar-refractivity contribution in [2.75, 3.05) is 0 Å². The van der Waals surface area contributed by atoms with E-state index in [4.69, 9.17) is 0 Å². The van der Waals surface area contributed by atoms with Crippen molar-refractivity contribution < 1.29 is 5.11 Å². The summed E-state index contributed by atoms with van der Waals surface area (Å²) < 4.78 is 0. The molecule has 17 heavy (non-hydrogen) atoms. The minimum Gasteiger partial charge on any atom is -0.393 e. The number of hydrogen-bond acceptors (Lipinski definition) is 1. The van der Waals surface area contributed by atoms with Gasteiger partial charge in [-0.2, -0.15) is 0 Å². The van der Waals surface area contributed by atoms with Gasteiger partial charge in [0.15, 0.2) is 0 Å². The van der Waals surface area contributed by atoms with E-state index in [0.717, 1.165) is 18.8 Å². The van der Waals surface area contributed by atoms with E-state index in [-0.39, 0.29) is 6.10 Å². The molecule has 0 aliphatic carbocycles. The normalized spacial score (nSPS) is 14.8. The van der Waals surface area contributed by atoms with Gasteiger partial charge in [-0.05, 0) is 18.8 Å². The molecule has 0 heterocycles. The first-order valence-electron chi connectivity index (χ1n) is 7.92. The molecule has 0 saturated carbocycles. The van der Waals surface area contributed by atoms with Crippen LogP contribution in [0.25, 0.3) is 0 Å². The Balaban J connectivity index is 3.56. The van der Waals surface area contributed by atoms with Gasteiger partial charge in [0.2, 0.25) is 0 Å². The summed E-state index contributed by atoms with van der Waals surface area (Å²) in [6, 6.07) is 0. The number of aliphatic hydroxyl groups is 1. The number of rotatable bonds is 12. The van der Waals surface area contributed by atoms with E-state index in [9.17, 15) is 5.11 Å². The molecular formula is C16H34O. The Labute approximate surface area is 109 Å². The minimum absolute atomic E-state index is 0.0438. The fraction of sp³-hybridized carbons (Fsp3) is 1.00. The highest BCUT2D eigenvalue weighted by Crippen LogP contribution is 2.21. The molecule has 0 aliphatic heterocycles. The number of aliphatic hydroxyl groups excluding tert-OH is 1. The summed E-state index contributed by atoms with van der Waals surface area (Å²) >= 11 is 0. The summed E-state index contributed by atoms with van der Waals surface area (Å²) in [5.74, 6) is 0.753. The van der Waals surface area contributed by atoms with E-state index >= 15 is 0 Å². The molecule has 0 amide bonds. The zero-order chi connectivity index (χ0) is 12.9. The molecule has 1 nitrogen and oxygen atoms in total. The van der Waals surface area contributed by atoms with Crippen LogP contribution in [0.1, 0.15) is 91.4 Å². The predicted molar refractivity (Wildman–Crippen MR) is 77.3 cm³/mol. The van der Waals surface area contributed by atoms with Gasteiger partial charge in [0.1, 0.15) is 0 Å². The summed E-state index contributed by atoms with van der Waals surface area (Å²) in [6.07, 6.45) is 13.7. The zero-order valence-corrected chi connectivity index (χ0v) is 12.4. The Morgan fingerprint density at radius 2 is 1.35 bits per heavy atom. The van der Waals surface area contributed by atoms with Crippen LogP contribution in [-0.2, 0) is 0 Å². The van der Waals surface area contributed by atoms with Crippen LogP contribution in [0.4, 0.5) is 0 Å². The van der Waals surface area contributed by atoms with E-state index < -0.39 is 0 Å². The van der Waals surface area contributed by atoms with Gasteiger partial charge in [-0.1, -0.05) is 78.6 Å². The minimum atomic E-state index is -0.0438. The number of unbranched alkanes of at least 4 members (excludes halogenated alkanes) is 5. The maximum atomic E-state index is 9.98. The lowest BCUT2D eigenvalue weighted by atomic mass is 9.91. The van der Waals surface area contributed by atoms with E-state index in [1.807, 2.05) is 0 Å². The third kappa shape index (κ3) is 10.8. The molecule has 0 radical (unpaired) electrons. The quantitative estimate of drug-likeness (QED) is 0.460. The van der Waals surface area contributed by atoms with Crippen molar-refractivity contribution >= 4 is 0 Å². The molecule has 0 aromatic carbocycles. The Bertz CT molecular complexity index is 144. The average molecular weight is 242 g/mol. The van der Waals surface area contributed by atoms with Crippen LogP contribution in [0, 0.1) is 5.92 Å². The summed E-state index contributed by atoms with van der Waals surface area (Å²) in [5.41, 5.74) is 0. The van der Waals surface area contributed by atoms with Crippen molar-refractivity contribution in [1.29, 1.82) is 0 Å². The van der Waals surface area contributed by atoms with Crippen LogP contribution in [0.3, 0.4) is 0 Å². The molecule has 104 valence electrons. The fourth-order valence-electron chi connectivity index (χ4n) is 2.48. The molecule has 0 aromatic heterocycles. The Kier molecular flexibility index (Phi) is 12.4. The monoisotopic (exact) mass is 242 g/mol. The molecule has 1 N–H and O–H groups in total. The molecule has 2 atom stereocenters. The first-order valence-corrected chi connectivity index (χ1v) is 7.92. The molecule has 0 bridgehead atoms. The highest BCUT2D eigenvalue weighted by molar-refractivity contribution is 4.65. The SMILES string of the molecule is CCCCCCC(CC)CC(O)CCCCC. The lowest BCUT2D eigenvalue weighted by Crippen LogP contribution is -2.13. The van der Waals surface area contributed by atoms with Gasteiger partial charge in [-0.25, -0.2) is 0 Å². The van der Waals surface area contributed by atoms with Crippen LogP contribution >= 0.6 is 0 Å². The van der Waals surface area contributed by atoms with Crippen molar-refractivity contribution in [3.8, 4) is 0 Å². The van der Waals surface area contributed by atoms with Crippen molar-refractivity contribution in [3.05, 3.63) is 0 Å². The second-order valence-corrected chi connectivity index (χ2v) is 5.51. The van der Waals surface area contributed by atoms with E-state index in [1.54, 1.807) is 0 Å². The Morgan fingerprint density at radius 3 is 1.94 bits per heavy atom. The van der Waals surface area contributed by atoms with Gasteiger partial charge >= 0.3 is 0 Å². The average Bonchev–Trinajstić information content (AvgIpc) is 2.33. The summed E-state index contributed by atoms with van der Waals surface area (Å²) in [7, 11) is 0. The largest absolute Gasteiger partial charge is 0.393 e. The van der Waals surface area contributed by atoms with Gasteiger partial charge in [0.05, 0.1) is 6.10 Å². The molecule has 0 saturated heterocycles. The van der Waals surface area contributed by atoms with Crippen molar-refractivity contribution in [2.24, 2.45) is 5.92 Å². The maximum Gasteiger partial charge on any atom is 0.0542 e. The third-order valence-corrected chi connectivity index (χ3v) is 3.79. The van der Waals surface area contributed by atoms with Crippen LogP contribution in [0.5, 0.6) is 0 Å². The van der Waals surface area contributed by atoms with Crippen molar-refractivity contribution in [2.45, 2.75) is 97.5 Å². The molecule has 0 fully saturated rings. The van der Waals surface area contributed by atoms with Crippen LogP contribution in [0.2, 0.25) is 0 Å². The highest BCUT2D eigenvalue weighted by Gasteiger charge is 2.12. The van der Waals surface area contributed by atoms with Gasteiger partial charge in [-0.3, -0.25) is 0 Å². The predicted octanol–water partition coefficient (Wildman–Crippen LogP) is 5.31. The lowest BCUT2D eigenvalue weighted by Gasteiger charge is -2.18. The Hall–Kier alpha value is -0.0400. The van der Waals surface area contributed by atoms with Gasteiger partial charge in [0, 0.05) is 0 Å².